The molecule has 1 aromatic rings. The van der Waals surface area contributed by atoms with Crippen LogP contribution in [-0.2, 0) is 0 Å². The minimum Gasteiger partial charge on any atom is -0.494 e. The fraction of sp³-hybridized carbons (Fsp3) is 0.417. The van der Waals surface area contributed by atoms with Gasteiger partial charge >= 0.3 is 0 Å². The number of ether oxygens (including phenoxy) is 1. The number of anilines is 1. The lowest BCUT2D eigenvalue weighted by atomic mass is 10.2. The summed E-state index contributed by atoms with van der Waals surface area (Å²) in [5.74, 6) is 0.318. The molecule has 0 amide bonds. The number of halogens is 1. The van der Waals surface area contributed by atoms with Crippen molar-refractivity contribution in [1.82, 2.24) is 5.32 Å². The molecule has 0 radical (unpaired) electrons. The van der Waals surface area contributed by atoms with Gasteiger partial charge in [0, 0.05) is 18.3 Å². The van der Waals surface area contributed by atoms with Crippen molar-refractivity contribution >= 4 is 23.0 Å². The number of nitrogens with one attached hydrogen (secondary N) is 2. The Hall–Kier alpha value is -1.36. The van der Waals surface area contributed by atoms with Gasteiger partial charge in [-0.15, -0.1) is 0 Å². The predicted octanol–water partition coefficient (Wildman–Crippen LogP) is 2.78. The molecular weight excluding hydrogens is 239 g/mol. The minimum atomic E-state index is -0.390. The molecule has 0 aliphatic heterocycles. The van der Waals surface area contributed by atoms with E-state index < -0.39 is 0 Å². The Labute approximate surface area is 106 Å². The summed E-state index contributed by atoms with van der Waals surface area (Å²) >= 11 is 5.11. The molecule has 2 N–H and O–H groups in total. The summed E-state index contributed by atoms with van der Waals surface area (Å²) in [6.45, 7) is 4.98. The van der Waals surface area contributed by atoms with Gasteiger partial charge in [0.15, 0.2) is 16.7 Å². The molecule has 1 rings (SSSR count). The molecule has 1 aromatic carbocycles. The first-order valence-corrected chi connectivity index (χ1v) is 5.82. The minimum absolute atomic E-state index is 0.196. The zero-order valence-corrected chi connectivity index (χ0v) is 11.0. The Morgan fingerprint density at radius 2 is 2.18 bits per heavy atom. The summed E-state index contributed by atoms with van der Waals surface area (Å²) in [5.41, 5.74) is 0.699. The average Bonchev–Trinajstić information content (AvgIpc) is 2.29. The van der Waals surface area contributed by atoms with Crippen LogP contribution < -0.4 is 15.4 Å². The molecule has 0 saturated carbocycles. The molecule has 17 heavy (non-hydrogen) atoms. The van der Waals surface area contributed by atoms with Crippen LogP contribution in [0.2, 0.25) is 0 Å². The topological polar surface area (TPSA) is 33.3 Å². The molecule has 0 atom stereocenters. The maximum absolute atomic E-state index is 13.2. The van der Waals surface area contributed by atoms with Gasteiger partial charge in [0.2, 0.25) is 0 Å². The molecule has 0 aliphatic rings. The Bertz CT molecular complexity index is 396. The van der Waals surface area contributed by atoms with Crippen LogP contribution in [0.25, 0.3) is 0 Å². The molecule has 0 bridgehead atoms. The lowest BCUT2D eigenvalue weighted by Gasteiger charge is -2.13. The van der Waals surface area contributed by atoms with Crippen molar-refractivity contribution in [2.75, 3.05) is 19.0 Å². The van der Waals surface area contributed by atoms with Gasteiger partial charge in [0.05, 0.1) is 7.11 Å². The molecule has 0 unspecified atom stereocenters. The van der Waals surface area contributed by atoms with Gasteiger partial charge in [-0.05, 0) is 30.3 Å². The van der Waals surface area contributed by atoms with E-state index in [-0.39, 0.29) is 11.6 Å². The highest BCUT2D eigenvalue weighted by Crippen LogP contribution is 2.21. The Morgan fingerprint density at radius 1 is 1.47 bits per heavy atom. The zero-order valence-electron chi connectivity index (χ0n) is 10.2. The van der Waals surface area contributed by atoms with Crippen LogP contribution in [0.5, 0.6) is 5.75 Å². The highest BCUT2D eigenvalue weighted by atomic mass is 32.1. The summed E-state index contributed by atoms with van der Waals surface area (Å²) in [4.78, 5) is 0. The van der Waals surface area contributed by atoms with Crippen molar-refractivity contribution in [3.63, 3.8) is 0 Å². The molecule has 0 aromatic heterocycles. The van der Waals surface area contributed by atoms with E-state index in [0.717, 1.165) is 6.54 Å². The second-order valence-electron chi connectivity index (χ2n) is 4.08. The van der Waals surface area contributed by atoms with Crippen molar-refractivity contribution in [2.45, 2.75) is 13.8 Å². The van der Waals surface area contributed by atoms with Crippen LogP contribution in [0.4, 0.5) is 10.1 Å². The van der Waals surface area contributed by atoms with Gasteiger partial charge in [-0.2, -0.15) is 0 Å². The summed E-state index contributed by atoms with van der Waals surface area (Å²) < 4.78 is 18.0. The van der Waals surface area contributed by atoms with Crippen molar-refractivity contribution in [3.8, 4) is 5.75 Å². The molecule has 0 saturated heterocycles. The third-order valence-corrected chi connectivity index (χ3v) is 2.33. The summed E-state index contributed by atoms with van der Waals surface area (Å²) in [7, 11) is 1.43. The molecule has 3 nitrogen and oxygen atoms in total. The van der Waals surface area contributed by atoms with Gasteiger partial charge in [-0.3, -0.25) is 0 Å². The Balaban J connectivity index is 2.59. The van der Waals surface area contributed by atoms with Gasteiger partial charge in [-0.1, -0.05) is 13.8 Å². The Morgan fingerprint density at radius 3 is 2.76 bits per heavy atom. The average molecular weight is 256 g/mol. The van der Waals surface area contributed by atoms with E-state index >= 15 is 0 Å². The smallest absolute Gasteiger partial charge is 0.170 e. The summed E-state index contributed by atoms with van der Waals surface area (Å²) in [6.07, 6.45) is 0. The fourth-order valence-corrected chi connectivity index (χ4v) is 1.41. The highest BCUT2D eigenvalue weighted by Gasteiger charge is 2.04. The third kappa shape index (κ3) is 4.56. The van der Waals surface area contributed by atoms with E-state index in [4.69, 9.17) is 17.0 Å². The zero-order chi connectivity index (χ0) is 12.8. The van der Waals surface area contributed by atoms with Crippen LogP contribution in [0.15, 0.2) is 18.2 Å². The van der Waals surface area contributed by atoms with Crippen LogP contribution in [0, 0.1) is 11.7 Å². The SMILES string of the molecule is COc1cc(NC(=S)NCC(C)C)ccc1F. The number of benzene rings is 1. The van der Waals surface area contributed by atoms with Gasteiger partial charge < -0.3 is 15.4 Å². The predicted molar refractivity (Wildman–Crippen MR) is 72.0 cm³/mol. The van der Waals surface area contributed by atoms with Crippen LogP contribution in [0.1, 0.15) is 13.8 Å². The van der Waals surface area contributed by atoms with Gasteiger partial charge in [-0.25, -0.2) is 4.39 Å². The molecule has 0 fully saturated rings. The first-order valence-electron chi connectivity index (χ1n) is 5.41. The maximum Gasteiger partial charge on any atom is 0.170 e. The van der Waals surface area contributed by atoms with Gasteiger partial charge in [0.25, 0.3) is 0 Å². The number of hydrogen-bond donors (Lipinski definition) is 2. The van der Waals surface area contributed by atoms with E-state index in [1.54, 1.807) is 12.1 Å². The highest BCUT2D eigenvalue weighted by molar-refractivity contribution is 7.80. The van der Waals surface area contributed by atoms with Crippen molar-refractivity contribution in [1.29, 1.82) is 0 Å². The normalized spacial score (nSPS) is 10.2. The lowest BCUT2D eigenvalue weighted by molar-refractivity contribution is 0.387. The van der Waals surface area contributed by atoms with Gasteiger partial charge in [0.1, 0.15) is 0 Å². The number of rotatable bonds is 4. The first kappa shape index (κ1) is 13.7. The van der Waals surface area contributed by atoms with Crippen LogP contribution >= 0.6 is 12.2 Å². The molecule has 5 heteroatoms. The standard InChI is InChI=1S/C12H17FN2OS/c1-8(2)7-14-12(17)15-9-4-5-10(13)11(6-9)16-3/h4-6,8H,7H2,1-3H3,(H2,14,15,17). The molecular formula is C12H17FN2OS. The number of thiocarbonyl (C=S) groups is 1. The molecule has 94 valence electrons. The number of hydrogen-bond acceptors (Lipinski definition) is 2. The van der Waals surface area contributed by atoms with E-state index in [1.807, 2.05) is 0 Å². The second kappa shape index (κ2) is 6.39. The van der Waals surface area contributed by atoms with Crippen LogP contribution in [-0.4, -0.2) is 18.8 Å². The molecule has 0 heterocycles. The van der Waals surface area contributed by atoms with E-state index in [0.29, 0.717) is 16.7 Å². The van der Waals surface area contributed by atoms with E-state index in [9.17, 15) is 4.39 Å². The third-order valence-electron chi connectivity index (χ3n) is 2.08. The fourth-order valence-electron chi connectivity index (χ4n) is 1.21. The second-order valence-corrected chi connectivity index (χ2v) is 4.49. The summed E-state index contributed by atoms with van der Waals surface area (Å²) in [5, 5.41) is 6.56. The van der Waals surface area contributed by atoms with Crippen molar-refractivity contribution in [3.05, 3.63) is 24.0 Å². The molecule has 0 spiro atoms. The monoisotopic (exact) mass is 256 g/mol. The maximum atomic E-state index is 13.2. The quantitative estimate of drug-likeness (QED) is 0.812. The van der Waals surface area contributed by atoms with Crippen molar-refractivity contribution in [2.24, 2.45) is 5.92 Å². The molecule has 0 aliphatic carbocycles. The van der Waals surface area contributed by atoms with Crippen LogP contribution in [0.3, 0.4) is 0 Å². The summed E-state index contributed by atoms with van der Waals surface area (Å²) in [6, 6.07) is 4.52. The Kier molecular flexibility index (Phi) is 5.15. The van der Waals surface area contributed by atoms with E-state index in [1.165, 1.54) is 13.2 Å². The lowest BCUT2D eigenvalue weighted by Crippen LogP contribution is -2.31. The number of methoxy groups -OCH3 is 1. The largest absolute Gasteiger partial charge is 0.494 e. The first-order chi connectivity index (χ1) is 8.02. The van der Waals surface area contributed by atoms with E-state index in [2.05, 4.69) is 24.5 Å². The van der Waals surface area contributed by atoms with Crippen molar-refractivity contribution < 1.29 is 9.13 Å².